The molecule has 2 heterocycles. The van der Waals surface area contributed by atoms with Crippen LogP contribution < -0.4 is 10.2 Å². The van der Waals surface area contributed by atoms with Crippen molar-refractivity contribution in [3.63, 3.8) is 0 Å². The van der Waals surface area contributed by atoms with Gasteiger partial charge < -0.3 is 15.3 Å². The van der Waals surface area contributed by atoms with Gasteiger partial charge >= 0.3 is 5.69 Å². The van der Waals surface area contributed by atoms with Crippen molar-refractivity contribution in [2.24, 2.45) is 0 Å². The summed E-state index contributed by atoms with van der Waals surface area (Å²) in [5.74, 6) is -0.0688. The number of nitrogens with zero attached hydrogens (tertiary/aromatic N) is 3. The smallest absolute Gasteiger partial charge is 0.310 e. The molecule has 1 saturated heterocycles. The number of carbonyl (C=O) groups is 1. The van der Waals surface area contributed by atoms with E-state index in [0.29, 0.717) is 0 Å². The van der Waals surface area contributed by atoms with Crippen molar-refractivity contribution in [1.82, 2.24) is 10.3 Å². The summed E-state index contributed by atoms with van der Waals surface area (Å²) in [7, 11) is 0. The second kappa shape index (κ2) is 7.81. The quantitative estimate of drug-likeness (QED) is 0.630. The Morgan fingerprint density at radius 3 is 2.73 bits per heavy atom. The second-order valence-electron chi connectivity index (χ2n) is 6.18. The highest BCUT2D eigenvalue weighted by Crippen LogP contribution is 2.26. The van der Waals surface area contributed by atoms with Gasteiger partial charge in [0.25, 0.3) is 5.91 Å². The molecule has 0 bridgehead atoms. The number of nitro groups is 1. The number of pyridine rings is 1. The molecule has 0 radical (unpaired) electrons. The molecule has 2 N–H and O–H groups in total. The number of phenolic OH excluding ortho intramolecular Hbond substituents is 1. The lowest BCUT2D eigenvalue weighted by molar-refractivity contribution is -0.385. The van der Waals surface area contributed by atoms with Crippen molar-refractivity contribution < 1.29 is 14.8 Å². The maximum atomic E-state index is 12.3. The number of benzene rings is 1. The Labute approximate surface area is 150 Å². The Bertz CT molecular complexity index is 819. The zero-order valence-electron chi connectivity index (χ0n) is 14.2. The predicted molar refractivity (Wildman–Crippen MR) is 96.2 cm³/mol. The minimum atomic E-state index is -0.697. The Balaban J connectivity index is 1.70. The van der Waals surface area contributed by atoms with E-state index in [9.17, 15) is 20.0 Å². The first-order chi connectivity index (χ1) is 12.6. The van der Waals surface area contributed by atoms with E-state index in [1.165, 1.54) is 12.5 Å². The third-order valence-corrected chi connectivity index (χ3v) is 4.40. The van der Waals surface area contributed by atoms with Crippen LogP contribution in [-0.2, 0) is 6.54 Å². The van der Waals surface area contributed by atoms with Crippen molar-refractivity contribution >= 4 is 17.4 Å². The number of hydrogen-bond acceptors (Lipinski definition) is 6. The van der Waals surface area contributed by atoms with Crippen LogP contribution in [0.4, 0.5) is 11.5 Å². The minimum Gasteiger partial charge on any atom is -0.502 e. The molecule has 0 spiro atoms. The van der Waals surface area contributed by atoms with Crippen LogP contribution in [0.2, 0.25) is 0 Å². The molecule has 0 saturated carbocycles. The van der Waals surface area contributed by atoms with Gasteiger partial charge in [-0.25, -0.2) is 4.98 Å². The molecular formula is C18H20N4O4. The lowest BCUT2D eigenvalue weighted by Gasteiger charge is -2.29. The molecule has 2 aromatic rings. The number of amides is 1. The van der Waals surface area contributed by atoms with Gasteiger partial charge in [-0.2, -0.15) is 0 Å². The molecule has 0 atom stereocenters. The molecule has 1 aromatic carbocycles. The lowest BCUT2D eigenvalue weighted by atomic mass is 10.1. The first-order valence-corrected chi connectivity index (χ1v) is 8.50. The predicted octanol–water partition coefficient (Wildman–Crippen LogP) is 2.62. The molecule has 8 heteroatoms. The SMILES string of the molecule is O=C(NCc1cccnc1N1CCCCC1)c1ccc([N+](=O)[O-])c(O)c1. The van der Waals surface area contributed by atoms with Crippen molar-refractivity contribution in [2.45, 2.75) is 25.8 Å². The van der Waals surface area contributed by atoms with Crippen LogP contribution in [0.15, 0.2) is 36.5 Å². The zero-order chi connectivity index (χ0) is 18.5. The van der Waals surface area contributed by atoms with Crippen LogP contribution >= 0.6 is 0 Å². The topological polar surface area (TPSA) is 109 Å². The third-order valence-electron chi connectivity index (χ3n) is 4.40. The molecule has 1 aliphatic heterocycles. The fourth-order valence-corrected chi connectivity index (χ4v) is 3.06. The summed E-state index contributed by atoms with van der Waals surface area (Å²) in [6.45, 7) is 2.19. The summed E-state index contributed by atoms with van der Waals surface area (Å²) >= 11 is 0. The standard InChI is InChI=1S/C18H20N4O4/c23-16-11-13(6-7-15(16)22(25)26)18(24)20-12-14-5-4-8-19-17(14)21-9-2-1-3-10-21/h4-8,11,23H,1-3,9-10,12H2,(H,20,24). The van der Waals surface area contributed by atoms with Crippen LogP contribution in [0.1, 0.15) is 35.2 Å². The first-order valence-electron chi connectivity index (χ1n) is 8.50. The summed E-state index contributed by atoms with van der Waals surface area (Å²) in [6, 6.07) is 7.29. The highest BCUT2D eigenvalue weighted by Gasteiger charge is 2.18. The van der Waals surface area contributed by atoms with Gasteiger partial charge in [0.05, 0.1) is 4.92 Å². The number of aromatic nitrogens is 1. The van der Waals surface area contributed by atoms with Gasteiger partial charge in [-0.05, 0) is 37.5 Å². The van der Waals surface area contributed by atoms with Gasteiger partial charge in [-0.3, -0.25) is 14.9 Å². The summed E-state index contributed by atoms with van der Waals surface area (Å²) in [4.78, 5) is 29.0. The van der Waals surface area contributed by atoms with Gasteiger partial charge in [0.1, 0.15) is 5.82 Å². The van der Waals surface area contributed by atoms with Crippen LogP contribution in [0, 0.1) is 10.1 Å². The van der Waals surface area contributed by atoms with Gasteiger partial charge in [-0.1, -0.05) is 6.07 Å². The molecule has 0 unspecified atom stereocenters. The van der Waals surface area contributed by atoms with Crippen LogP contribution in [0.3, 0.4) is 0 Å². The van der Waals surface area contributed by atoms with E-state index in [1.807, 2.05) is 12.1 Å². The lowest BCUT2D eigenvalue weighted by Crippen LogP contribution is -2.32. The van der Waals surface area contributed by atoms with Gasteiger partial charge in [-0.15, -0.1) is 0 Å². The fourth-order valence-electron chi connectivity index (χ4n) is 3.06. The number of nitro benzene ring substituents is 1. The van der Waals surface area contributed by atoms with Gasteiger partial charge in [0.2, 0.25) is 0 Å². The maximum absolute atomic E-state index is 12.3. The van der Waals surface area contributed by atoms with E-state index in [4.69, 9.17) is 0 Å². The number of phenols is 1. The highest BCUT2D eigenvalue weighted by molar-refractivity contribution is 5.95. The Hall–Kier alpha value is -3.16. The van der Waals surface area contributed by atoms with E-state index in [1.54, 1.807) is 6.20 Å². The summed E-state index contributed by atoms with van der Waals surface area (Å²) in [5, 5.41) is 23.2. The summed E-state index contributed by atoms with van der Waals surface area (Å²) in [6.07, 6.45) is 5.22. The molecule has 1 fully saturated rings. The van der Waals surface area contributed by atoms with Crippen molar-refractivity contribution in [3.8, 4) is 5.75 Å². The molecule has 1 aromatic heterocycles. The minimum absolute atomic E-state index is 0.163. The number of hydrogen-bond donors (Lipinski definition) is 2. The number of aromatic hydroxyl groups is 1. The van der Waals surface area contributed by atoms with E-state index in [0.717, 1.165) is 49.4 Å². The van der Waals surface area contributed by atoms with E-state index in [-0.39, 0.29) is 12.1 Å². The van der Waals surface area contributed by atoms with Gasteiger partial charge in [0, 0.05) is 43.0 Å². The fraction of sp³-hybridized carbons (Fsp3) is 0.333. The number of piperidine rings is 1. The zero-order valence-corrected chi connectivity index (χ0v) is 14.2. The Morgan fingerprint density at radius 2 is 2.04 bits per heavy atom. The molecular weight excluding hydrogens is 336 g/mol. The van der Waals surface area contributed by atoms with Gasteiger partial charge in [0.15, 0.2) is 5.75 Å². The molecule has 136 valence electrons. The third kappa shape index (κ3) is 3.90. The largest absolute Gasteiger partial charge is 0.502 e. The summed E-state index contributed by atoms with van der Waals surface area (Å²) in [5.41, 5.74) is 0.645. The molecule has 3 rings (SSSR count). The molecule has 8 nitrogen and oxygen atoms in total. The Morgan fingerprint density at radius 1 is 1.27 bits per heavy atom. The first kappa shape index (κ1) is 17.7. The summed E-state index contributed by atoms with van der Waals surface area (Å²) < 4.78 is 0. The van der Waals surface area contributed by atoms with E-state index >= 15 is 0 Å². The molecule has 26 heavy (non-hydrogen) atoms. The molecule has 1 amide bonds. The maximum Gasteiger partial charge on any atom is 0.310 e. The number of carbonyl (C=O) groups excluding carboxylic acids is 1. The second-order valence-corrected chi connectivity index (χ2v) is 6.18. The van der Waals surface area contributed by atoms with Crippen molar-refractivity contribution in [3.05, 3.63) is 57.8 Å². The number of rotatable bonds is 5. The van der Waals surface area contributed by atoms with Crippen LogP contribution in [0.5, 0.6) is 5.75 Å². The molecule has 1 aliphatic rings. The number of anilines is 1. The number of nitrogens with one attached hydrogen (secondary N) is 1. The Kier molecular flexibility index (Phi) is 5.31. The van der Waals surface area contributed by atoms with E-state index in [2.05, 4.69) is 15.2 Å². The van der Waals surface area contributed by atoms with Crippen LogP contribution in [-0.4, -0.2) is 34.0 Å². The normalized spacial score (nSPS) is 14.1. The van der Waals surface area contributed by atoms with Crippen molar-refractivity contribution in [1.29, 1.82) is 0 Å². The van der Waals surface area contributed by atoms with E-state index < -0.39 is 22.3 Å². The van der Waals surface area contributed by atoms with Crippen molar-refractivity contribution in [2.75, 3.05) is 18.0 Å². The van der Waals surface area contributed by atoms with Crippen LogP contribution in [0.25, 0.3) is 0 Å². The average Bonchev–Trinajstić information content (AvgIpc) is 2.66. The average molecular weight is 356 g/mol. The monoisotopic (exact) mass is 356 g/mol. The highest BCUT2D eigenvalue weighted by atomic mass is 16.6. The molecule has 0 aliphatic carbocycles.